The average molecular weight is 468 g/mol. The summed E-state index contributed by atoms with van der Waals surface area (Å²) in [6.45, 7) is 3.33. The number of hydrogen-bond donors (Lipinski definition) is 2. The van der Waals surface area contributed by atoms with E-state index in [1.54, 1.807) is 24.3 Å². The van der Waals surface area contributed by atoms with Crippen molar-refractivity contribution in [2.24, 2.45) is 5.73 Å². The van der Waals surface area contributed by atoms with E-state index in [-0.39, 0.29) is 17.8 Å². The number of carbonyl (C=O) groups is 2. The van der Waals surface area contributed by atoms with E-state index in [1.165, 1.54) is 11.8 Å². The summed E-state index contributed by atoms with van der Waals surface area (Å²) in [5.74, 6) is -0.321. The number of rotatable bonds is 8. The van der Waals surface area contributed by atoms with Crippen LogP contribution in [0.25, 0.3) is 0 Å². The van der Waals surface area contributed by atoms with Crippen LogP contribution in [0.3, 0.4) is 0 Å². The fourth-order valence-corrected chi connectivity index (χ4v) is 4.22. The van der Waals surface area contributed by atoms with Gasteiger partial charge < -0.3 is 15.8 Å². The molecule has 6 nitrogen and oxygen atoms in total. The molecule has 1 heterocycles. The lowest BCUT2D eigenvalue weighted by Gasteiger charge is -2.33. The van der Waals surface area contributed by atoms with Crippen molar-refractivity contribution in [1.82, 2.24) is 10.2 Å². The second kappa shape index (κ2) is 11.0. The molecule has 1 fully saturated rings. The second-order valence-electron chi connectivity index (χ2n) is 6.96. The summed E-state index contributed by atoms with van der Waals surface area (Å²) >= 11 is 13.4. The van der Waals surface area contributed by atoms with Gasteiger partial charge in [-0.25, -0.2) is 0 Å². The maximum absolute atomic E-state index is 12.2. The molecule has 0 radical (unpaired) electrons. The van der Waals surface area contributed by atoms with Crippen molar-refractivity contribution in [1.29, 1.82) is 0 Å². The normalized spacial score (nSPS) is 16.9. The van der Waals surface area contributed by atoms with Gasteiger partial charge in [-0.2, -0.15) is 0 Å². The SMILES string of the molecule is NC(=O)c1cccc(SCC(=O)NCC2CN(Cc3ccc(Cl)c(Cl)c3)CCO2)c1. The third-order valence-corrected chi connectivity index (χ3v) is 6.36. The summed E-state index contributed by atoms with van der Waals surface area (Å²) in [5, 5.41) is 4.01. The van der Waals surface area contributed by atoms with E-state index in [4.69, 9.17) is 33.7 Å². The van der Waals surface area contributed by atoms with Crippen molar-refractivity contribution in [2.45, 2.75) is 17.5 Å². The lowest BCUT2D eigenvalue weighted by atomic mass is 10.2. The quantitative estimate of drug-likeness (QED) is 0.582. The van der Waals surface area contributed by atoms with Crippen molar-refractivity contribution in [2.75, 3.05) is 32.0 Å². The van der Waals surface area contributed by atoms with Crippen LogP contribution in [-0.2, 0) is 16.1 Å². The molecule has 3 rings (SSSR count). The van der Waals surface area contributed by atoms with E-state index in [0.717, 1.165) is 23.5 Å². The lowest BCUT2D eigenvalue weighted by molar-refractivity contribution is -0.119. The van der Waals surface area contributed by atoms with Gasteiger partial charge in [0, 0.05) is 36.6 Å². The fraction of sp³-hybridized carbons (Fsp3) is 0.333. The first-order valence-electron chi connectivity index (χ1n) is 9.48. The van der Waals surface area contributed by atoms with Crippen LogP contribution in [0.2, 0.25) is 10.0 Å². The van der Waals surface area contributed by atoms with Crippen LogP contribution in [-0.4, -0.2) is 54.8 Å². The van der Waals surface area contributed by atoms with Crippen LogP contribution in [0.5, 0.6) is 0 Å². The van der Waals surface area contributed by atoms with Crippen molar-refractivity contribution in [3.63, 3.8) is 0 Å². The number of nitrogens with zero attached hydrogens (tertiary/aromatic N) is 1. The number of benzene rings is 2. The highest BCUT2D eigenvalue weighted by Crippen LogP contribution is 2.23. The summed E-state index contributed by atoms with van der Waals surface area (Å²) in [4.78, 5) is 26.5. The number of amides is 2. The third kappa shape index (κ3) is 6.89. The molecule has 0 saturated carbocycles. The van der Waals surface area contributed by atoms with E-state index in [1.807, 2.05) is 18.2 Å². The topological polar surface area (TPSA) is 84.7 Å². The van der Waals surface area contributed by atoms with E-state index in [0.29, 0.717) is 35.3 Å². The molecule has 1 unspecified atom stereocenters. The molecule has 2 amide bonds. The number of nitrogens with one attached hydrogen (secondary N) is 1. The van der Waals surface area contributed by atoms with Crippen LogP contribution in [0, 0.1) is 0 Å². The van der Waals surface area contributed by atoms with E-state index < -0.39 is 5.91 Å². The van der Waals surface area contributed by atoms with Crippen LogP contribution in [0.1, 0.15) is 15.9 Å². The first kappa shape index (κ1) is 22.9. The summed E-state index contributed by atoms with van der Waals surface area (Å²) in [7, 11) is 0. The molecule has 1 aliphatic heterocycles. The Hall–Kier alpha value is -1.77. The van der Waals surface area contributed by atoms with Crippen molar-refractivity contribution < 1.29 is 14.3 Å². The summed E-state index contributed by atoms with van der Waals surface area (Å²) < 4.78 is 5.78. The number of halogens is 2. The Morgan fingerprint density at radius 2 is 2.03 bits per heavy atom. The second-order valence-corrected chi connectivity index (χ2v) is 8.82. The van der Waals surface area contributed by atoms with E-state index in [2.05, 4.69) is 10.2 Å². The Balaban J connectivity index is 1.42. The number of ether oxygens (including phenoxy) is 1. The van der Waals surface area contributed by atoms with Gasteiger partial charge in [-0.3, -0.25) is 14.5 Å². The Morgan fingerprint density at radius 3 is 2.80 bits per heavy atom. The zero-order valence-corrected chi connectivity index (χ0v) is 18.6. The number of carbonyl (C=O) groups excluding carboxylic acids is 2. The van der Waals surface area contributed by atoms with Crippen molar-refractivity contribution in [3.05, 3.63) is 63.6 Å². The summed E-state index contributed by atoms with van der Waals surface area (Å²) in [6, 6.07) is 12.6. The number of hydrogen-bond acceptors (Lipinski definition) is 5. The highest BCUT2D eigenvalue weighted by atomic mass is 35.5. The van der Waals surface area contributed by atoms with Crippen LogP contribution >= 0.6 is 35.0 Å². The van der Waals surface area contributed by atoms with Crippen molar-refractivity contribution in [3.8, 4) is 0 Å². The zero-order chi connectivity index (χ0) is 21.5. The molecule has 0 spiro atoms. The minimum atomic E-state index is -0.484. The maximum atomic E-state index is 12.2. The van der Waals surface area contributed by atoms with Gasteiger partial charge in [-0.1, -0.05) is 35.3 Å². The van der Waals surface area contributed by atoms with Gasteiger partial charge in [0.05, 0.1) is 28.5 Å². The van der Waals surface area contributed by atoms with Gasteiger partial charge in [0.2, 0.25) is 11.8 Å². The van der Waals surface area contributed by atoms with Crippen LogP contribution < -0.4 is 11.1 Å². The lowest BCUT2D eigenvalue weighted by Crippen LogP contribution is -2.47. The molecule has 1 saturated heterocycles. The predicted molar refractivity (Wildman–Crippen MR) is 120 cm³/mol. The Kier molecular flexibility index (Phi) is 8.41. The Morgan fingerprint density at radius 1 is 1.20 bits per heavy atom. The molecule has 3 N–H and O–H groups in total. The molecule has 2 aromatic carbocycles. The number of morpholine rings is 1. The molecule has 1 aliphatic rings. The average Bonchev–Trinajstić information content (AvgIpc) is 2.74. The van der Waals surface area contributed by atoms with E-state index in [9.17, 15) is 9.59 Å². The highest BCUT2D eigenvalue weighted by molar-refractivity contribution is 8.00. The van der Waals surface area contributed by atoms with Crippen molar-refractivity contribution >= 4 is 46.8 Å². The maximum Gasteiger partial charge on any atom is 0.248 e. The number of primary amides is 1. The first-order valence-corrected chi connectivity index (χ1v) is 11.2. The van der Waals surface area contributed by atoms with Crippen LogP contribution in [0.4, 0.5) is 0 Å². The summed E-state index contributed by atoms with van der Waals surface area (Å²) in [5.41, 5.74) is 6.80. The van der Waals surface area contributed by atoms with Gasteiger partial charge in [-0.05, 0) is 35.9 Å². The fourth-order valence-electron chi connectivity index (χ4n) is 3.11. The molecule has 0 aromatic heterocycles. The van der Waals surface area contributed by atoms with Gasteiger partial charge in [0.25, 0.3) is 0 Å². The molecule has 160 valence electrons. The molecule has 9 heteroatoms. The minimum Gasteiger partial charge on any atom is -0.374 e. The molecule has 1 atom stereocenters. The van der Waals surface area contributed by atoms with Gasteiger partial charge in [-0.15, -0.1) is 11.8 Å². The monoisotopic (exact) mass is 467 g/mol. The zero-order valence-electron chi connectivity index (χ0n) is 16.3. The Labute approximate surface area is 190 Å². The summed E-state index contributed by atoms with van der Waals surface area (Å²) in [6.07, 6.45) is -0.0753. The third-order valence-electron chi connectivity index (χ3n) is 4.63. The van der Waals surface area contributed by atoms with Gasteiger partial charge in [0.15, 0.2) is 0 Å². The molecule has 2 aromatic rings. The molecule has 30 heavy (non-hydrogen) atoms. The number of nitrogens with two attached hydrogens (primary N) is 1. The molecule has 0 bridgehead atoms. The van der Waals surface area contributed by atoms with Gasteiger partial charge >= 0.3 is 0 Å². The Bertz CT molecular complexity index is 913. The smallest absolute Gasteiger partial charge is 0.248 e. The van der Waals surface area contributed by atoms with E-state index >= 15 is 0 Å². The standard InChI is InChI=1S/C21H23Cl2N3O3S/c22-18-5-4-14(8-19(18)23)11-26-6-7-29-16(12-26)10-25-20(27)13-30-17-3-1-2-15(9-17)21(24)28/h1-5,8-9,16H,6-7,10-13H2,(H2,24,28)(H,25,27). The largest absolute Gasteiger partial charge is 0.374 e. The van der Waals surface area contributed by atoms with Crippen LogP contribution in [0.15, 0.2) is 47.4 Å². The molecule has 0 aliphatic carbocycles. The molecular formula is C21H23Cl2N3O3S. The first-order chi connectivity index (χ1) is 14.4. The number of thioether (sulfide) groups is 1. The minimum absolute atomic E-state index is 0.0753. The molecular weight excluding hydrogens is 445 g/mol. The predicted octanol–water partition coefficient (Wildman–Crippen LogP) is 3.20. The highest BCUT2D eigenvalue weighted by Gasteiger charge is 2.21. The van der Waals surface area contributed by atoms with Gasteiger partial charge in [0.1, 0.15) is 0 Å².